The van der Waals surface area contributed by atoms with Crippen molar-refractivity contribution < 1.29 is 9.21 Å². The molecule has 0 saturated heterocycles. The van der Waals surface area contributed by atoms with Crippen molar-refractivity contribution in [3.63, 3.8) is 0 Å². The summed E-state index contributed by atoms with van der Waals surface area (Å²) in [5.74, 6) is 0.731. The summed E-state index contributed by atoms with van der Waals surface area (Å²) < 4.78 is 5.28. The molecule has 0 aliphatic rings. The first kappa shape index (κ1) is 19.3. The van der Waals surface area contributed by atoms with E-state index in [4.69, 9.17) is 21.8 Å². The van der Waals surface area contributed by atoms with Crippen molar-refractivity contribution >= 4 is 47.4 Å². The van der Waals surface area contributed by atoms with Crippen LogP contribution in [-0.2, 0) is 13.1 Å². The van der Waals surface area contributed by atoms with Crippen molar-refractivity contribution in [3.05, 3.63) is 58.5 Å². The Morgan fingerprint density at radius 2 is 1.91 bits per heavy atom. The highest BCUT2D eigenvalue weighted by Crippen LogP contribution is 2.14. The zero-order valence-corrected chi connectivity index (χ0v) is 15.6. The molecule has 1 heterocycles. The van der Waals surface area contributed by atoms with Crippen LogP contribution in [0.15, 0.2) is 45.8 Å². The van der Waals surface area contributed by atoms with E-state index < -0.39 is 5.91 Å². The summed E-state index contributed by atoms with van der Waals surface area (Å²) in [6.45, 7) is 0.930. The standard InChI is InChI=1S/C15H17ClN4O2.HI/c1-18-15(19-8-10-4-2-3-5-12(10)16)20-9-11-6-7-13(22-11)14(17)21;/h2-7H,8-9H2,1H3,(H2,17,21)(H2,18,19,20);1H. The lowest BCUT2D eigenvalue weighted by atomic mass is 10.2. The van der Waals surface area contributed by atoms with Gasteiger partial charge in [0.25, 0.3) is 5.91 Å². The Balaban J connectivity index is 0.00000264. The number of nitrogens with zero attached hydrogens (tertiary/aromatic N) is 1. The van der Waals surface area contributed by atoms with Crippen LogP contribution in [0.5, 0.6) is 0 Å². The molecule has 1 aromatic carbocycles. The lowest BCUT2D eigenvalue weighted by Gasteiger charge is -2.11. The maximum Gasteiger partial charge on any atom is 0.284 e. The Hall–Kier alpha value is -1.74. The molecule has 4 N–H and O–H groups in total. The van der Waals surface area contributed by atoms with Crippen LogP contribution in [-0.4, -0.2) is 18.9 Å². The monoisotopic (exact) mass is 448 g/mol. The molecule has 6 nitrogen and oxygen atoms in total. The van der Waals surface area contributed by atoms with E-state index >= 15 is 0 Å². The van der Waals surface area contributed by atoms with Crippen molar-refractivity contribution in [2.45, 2.75) is 13.1 Å². The third-order valence-electron chi connectivity index (χ3n) is 2.96. The van der Waals surface area contributed by atoms with Gasteiger partial charge in [0.05, 0.1) is 6.54 Å². The van der Waals surface area contributed by atoms with Gasteiger partial charge in [0.1, 0.15) is 5.76 Å². The molecule has 1 aromatic heterocycles. The van der Waals surface area contributed by atoms with E-state index in [9.17, 15) is 4.79 Å². The van der Waals surface area contributed by atoms with Crippen molar-refractivity contribution in [3.8, 4) is 0 Å². The smallest absolute Gasteiger partial charge is 0.284 e. The van der Waals surface area contributed by atoms with Crippen LogP contribution in [0.3, 0.4) is 0 Å². The topological polar surface area (TPSA) is 92.6 Å². The second-order valence-corrected chi connectivity index (χ2v) is 4.91. The molecule has 0 saturated carbocycles. The van der Waals surface area contributed by atoms with Gasteiger partial charge in [0.2, 0.25) is 0 Å². The molecular weight excluding hydrogens is 431 g/mol. The summed E-state index contributed by atoms with van der Waals surface area (Å²) in [5.41, 5.74) is 6.11. The van der Waals surface area contributed by atoms with Gasteiger partial charge < -0.3 is 20.8 Å². The van der Waals surface area contributed by atoms with Gasteiger partial charge in [0, 0.05) is 18.6 Å². The fourth-order valence-electron chi connectivity index (χ4n) is 1.82. The number of rotatable bonds is 5. The quantitative estimate of drug-likeness (QED) is 0.372. The number of amides is 1. The Kier molecular flexibility index (Phi) is 7.90. The molecular formula is C15H18ClIN4O2. The Labute approximate surface area is 156 Å². The van der Waals surface area contributed by atoms with Crippen molar-refractivity contribution in [1.29, 1.82) is 0 Å². The molecule has 0 aliphatic heterocycles. The number of carbonyl (C=O) groups is 1. The van der Waals surface area contributed by atoms with Gasteiger partial charge in [0.15, 0.2) is 11.7 Å². The fourth-order valence-corrected chi connectivity index (χ4v) is 2.02. The molecule has 0 fully saturated rings. The van der Waals surface area contributed by atoms with Crippen LogP contribution in [0, 0.1) is 0 Å². The number of nitrogens with one attached hydrogen (secondary N) is 2. The summed E-state index contributed by atoms with van der Waals surface area (Å²) in [5, 5.41) is 6.92. The summed E-state index contributed by atoms with van der Waals surface area (Å²) in [6.07, 6.45) is 0. The van der Waals surface area contributed by atoms with Gasteiger partial charge in [-0.3, -0.25) is 9.79 Å². The highest BCUT2D eigenvalue weighted by molar-refractivity contribution is 14.0. The Bertz CT molecular complexity index is 688. The van der Waals surface area contributed by atoms with Crippen LogP contribution >= 0.6 is 35.6 Å². The van der Waals surface area contributed by atoms with E-state index in [0.29, 0.717) is 29.8 Å². The van der Waals surface area contributed by atoms with E-state index in [-0.39, 0.29) is 29.7 Å². The number of benzene rings is 1. The molecule has 124 valence electrons. The minimum absolute atomic E-state index is 0. The van der Waals surface area contributed by atoms with Crippen molar-refractivity contribution in [2.24, 2.45) is 10.7 Å². The zero-order valence-electron chi connectivity index (χ0n) is 12.5. The summed E-state index contributed by atoms with van der Waals surface area (Å²) in [4.78, 5) is 15.1. The number of guanidine groups is 1. The molecule has 8 heteroatoms. The number of primary amides is 1. The third kappa shape index (κ3) is 5.76. The number of nitrogens with two attached hydrogens (primary N) is 1. The van der Waals surface area contributed by atoms with Crippen molar-refractivity contribution in [2.75, 3.05) is 7.05 Å². The van der Waals surface area contributed by atoms with Crippen LogP contribution in [0.2, 0.25) is 5.02 Å². The van der Waals surface area contributed by atoms with Gasteiger partial charge >= 0.3 is 0 Å². The maximum absolute atomic E-state index is 11.0. The second kappa shape index (κ2) is 9.41. The van der Waals surface area contributed by atoms with Crippen LogP contribution in [0.25, 0.3) is 0 Å². The molecule has 2 aromatic rings. The first-order valence-corrected chi connectivity index (χ1v) is 7.04. The molecule has 1 amide bonds. The SMILES string of the molecule is CN=C(NCc1ccc(C(N)=O)o1)NCc1ccccc1Cl.I. The van der Waals surface area contributed by atoms with E-state index in [1.165, 1.54) is 0 Å². The van der Waals surface area contributed by atoms with E-state index in [1.807, 2.05) is 24.3 Å². The lowest BCUT2D eigenvalue weighted by molar-refractivity contribution is 0.0972. The summed E-state index contributed by atoms with van der Waals surface area (Å²) in [7, 11) is 1.67. The number of hydrogen-bond donors (Lipinski definition) is 3. The molecule has 0 spiro atoms. The van der Waals surface area contributed by atoms with Gasteiger partial charge in [-0.2, -0.15) is 0 Å². The second-order valence-electron chi connectivity index (χ2n) is 4.50. The molecule has 0 bridgehead atoms. The van der Waals surface area contributed by atoms with Crippen LogP contribution < -0.4 is 16.4 Å². The molecule has 0 aliphatic carbocycles. The highest BCUT2D eigenvalue weighted by Gasteiger charge is 2.07. The molecule has 0 radical (unpaired) electrons. The Morgan fingerprint density at radius 3 is 2.52 bits per heavy atom. The van der Waals surface area contributed by atoms with Crippen LogP contribution in [0.4, 0.5) is 0 Å². The van der Waals surface area contributed by atoms with E-state index in [2.05, 4.69) is 15.6 Å². The lowest BCUT2D eigenvalue weighted by Crippen LogP contribution is -2.36. The van der Waals surface area contributed by atoms with Crippen LogP contribution in [0.1, 0.15) is 21.9 Å². The maximum atomic E-state index is 11.0. The number of aliphatic imine (C=N–C) groups is 1. The minimum atomic E-state index is -0.590. The third-order valence-corrected chi connectivity index (χ3v) is 3.33. The summed E-state index contributed by atoms with van der Waals surface area (Å²) in [6, 6.07) is 10.8. The van der Waals surface area contributed by atoms with E-state index in [0.717, 1.165) is 5.56 Å². The molecule has 0 unspecified atom stereocenters. The van der Waals surface area contributed by atoms with Gasteiger partial charge in [-0.15, -0.1) is 24.0 Å². The zero-order chi connectivity index (χ0) is 15.9. The van der Waals surface area contributed by atoms with E-state index in [1.54, 1.807) is 19.2 Å². The first-order valence-electron chi connectivity index (χ1n) is 6.66. The number of hydrogen-bond acceptors (Lipinski definition) is 3. The normalized spacial score (nSPS) is 10.8. The number of carbonyl (C=O) groups excluding carboxylic acids is 1. The largest absolute Gasteiger partial charge is 0.454 e. The average molecular weight is 449 g/mol. The molecule has 0 atom stereocenters. The Morgan fingerprint density at radius 1 is 1.22 bits per heavy atom. The van der Waals surface area contributed by atoms with Gasteiger partial charge in [-0.05, 0) is 23.8 Å². The fraction of sp³-hybridized carbons (Fsp3) is 0.200. The van der Waals surface area contributed by atoms with Gasteiger partial charge in [-0.1, -0.05) is 29.8 Å². The molecule has 2 rings (SSSR count). The molecule has 23 heavy (non-hydrogen) atoms. The summed E-state index contributed by atoms with van der Waals surface area (Å²) >= 11 is 6.10. The number of halogens is 2. The first-order chi connectivity index (χ1) is 10.6. The average Bonchev–Trinajstić information content (AvgIpc) is 2.98. The van der Waals surface area contributed by atoms with Crippen molar-refractivity contribution in [1.82, 2.24) is 10.6 Å². The van der Waals surface area contributed by atoms with Gasteiger partial charge in [-0.25, -0.2) is 0 Å². The number of furan rings is 1. The minimum Gasteiger partial charge on any atom is -0.454 e. The predicted molar refractivity (Wildman–Crippen MR) is 101 cm³/mol. The predicted octanol–water partition coefficient (Wildman–Crippen LogP) is 2.52. The highest BCUT2D eigenvalue weighted by atomic mass is 127.